The van der Waals surface area contributed by atoms with Crippen molar-refractivity contribution in [3.8, 4) is 0 Å². The summed E-state index contributed by atoms with van der Waals surface area (Å²) in [6.45, 7) is 8.17. The first-order chi connectivity index (χ1) is 6.91. The Morgan fingerprint density at radius 2 is 2.27 bits per heavy atom. The molecule has 15 heavy (non-hydrogen) atoms. The third-order valence-electron chi connectivity index (χ3n) is 2.02. The molecule has 0 saturated carbocycles. The average Bonchev–Trinajstić information content (AvgIpc) is 2.44. The van der Waals surface area contributed by atoms with Crippen molar-refractivity contribution in [2.24, 2.45) is 0 Å². The zero-order chi connectivity index (χ0) is 11.6. The molecule has 0 bridgehead atoms. The summed E-state index contributed by atoms with van der Waals surface area (Å²) in [6, 6.07) is 1.73. The second kappa shape index (κ2) is 4.49. The first kappa shape index (κ1) is 11.8. The maximum Gasteiger partial charge on any atom is 0.264 e. The number of rotatable bonds is 3. The van der Waals surface area contributed by atoms with E-state index in [1.807, 2.05) is 13.8 Å². The van der Waals surface area contributed by atoms with Crippen LogP contribution < -0.4 is 5.73 Å². The number of hydrogen-bond acceptors (Lipinski definition) is 3. The molecule has 0 saturated heterocycles. The number of nitrogens with zero attached hydrogens (tertiary/aromatic N) is 1. The first-order valence-electron chi connectivity index (χ1n) is 4.67. The second-order valence-corrected chi connectivity index (χ2v) is 5.00. The highest BCUT2D eigenvalue weighted by Crippen LogP contribution is 2.24. The zero-order valence-corrected chi connectivity index (χ0v) is 10.1. The predicted octanol–water partition coefficient (Wildman–Crippen LogP) is 2.29. The van der Waals surface area contributed by atoms with Gasteiger partial charge < -0.3 is 10.6 Å². The number of amides is 1. The Bertz CT molecular complexity index is 376. The molecule has 1 heterocycles. The molecule has 1 amide bonds. The highest BCUT2D eigenvalue weighted by atomic mass is 32.1. The standard InChI is InChI=1S/C11H16N2OS/c1-7(2)6-13(4)11(14)10-5-9(12)8(3)15-10/h5H,1,6,12H2,2-4H3. The summed E-state index contributed by atoms with van der Waals surface area (Å²) in [5.41, 5.74) is 7.35. The van der Waals surface area contributed by atoms with Crippen LogP contribution in [0.15, 0.2) is 18.2 Å². The van der Waals surface area contributed by atoms with Gasteiger partial charge in [0, 0.05) is 24.2 Å². The number of hydrogen-bond donors (Lipinski definition) is 1. The molecular formula is C11H16N2OS. The van der Waals surface area contributed by atoms with Gasteiger partial charge in [0.15, 0.2) is 0 Å². The van der Waals surface area contributed by atoms with Gasteiger partial charge in [-0.25, -0.2) is 0 Å². The number of likely N-dealkylation sites (N-methyl/N-ethyl adjacent to an activating group) is 1. The fourth-order valence-corrected chi connectivity index (χ4v) is 2.20. The largest absolute Gasteiger partial charge is 0.398 e. The lowest BCUT2D eigenvalue weighted by Crippen LogP contribution is -2.27. The van der Waals surface area contributed by atoms with E-state index < -0.39 is 0 Å². The van der Waals surface area contributed by atoms with Gasteiger partial charge in [-0.2, -0.15) is 0 Å². The quantitative estimate of drug-likeness (QED) is 0.801. The van der Waals surface area contributed by atoms with Gasteiger partial charge in [0.1, 0.15) is 0 Å². The molecule has 0 radical (unpaired) electrons. The molecule has 0 aliphatic rings. The van der Waals surface area contributed by atoms with Crippen molar-refractivity contribution in [1.82, 2.24) is 4.90 Å². The van der Waals surface area contributed by atoms with E-state index in [0.29, 0.717) is 17.1 Å². The number of nitrogen functional groups attached to an aromatic ring is 1. The highest BCUT2D eigenvalue weighted by molar-refractivity contribution is 7.14. The molecule has 1 rings (SSSR count). The zero-order valence-electron chi connectivity index (χ0n) is 9.33. The van der Waals surface area contributed by atoms with Gasteiger partial charge in [-0.15, -0.1) is 11.3 Å². The molecule has 1 aromatic rings. The summed E-state index contributed by atoms with van der Waals surface area (Å²) >= 11 is 1.43. The van der Waals surface area contributed by atoms with E-state index in [4.69, 9.17) is 5.73 Å². The third kappa shape index (κ3) is 2.83. The minimum Gasteiger partial charge on any atom is -0.398 e. The van der Waals surface area contributed by atoms with Gasteiger partial charge in [0.05, 0.1) is 4.88 Å². The van der Waals surface area contributed by atoms with Crippen LogP contribution in [0.5, 0.6) is 0 Å². The number of carbonyl (C=O) groups excluding carboxylic acids is 1. The van der Waals surface area contributed by atoms with Crippen LogP contribution >= 0.6 is 11.3 Å². The van der Waals surface area contributed by atoms with Crippen LogP contribution in [0.4, 0.5) is 5.69 Å². The monoisotopic (exact) mass is 224 g/mol. The number of thiophene rings is 1. The van der Waals surface area contributed by atoms with Gasteiger partial charge in [0.25, 0.3) is 5.91 Å². The molecule has 0 spiro atoms. The molecule has 82 valence electrons. The van der Waals surface area contributed by atoms with Crippen molar-refractivity contribution >= 4 is 22.9 Å². The minimum atomic E-state index is 0.00259. The van der Waals surface area contributed by atoms with Crippen molar-refractivity contribution in [3.05, 3.63) is 28.0 Å². The van der Waals surface area contributed by atoms with Crippen LogP contribution in [0.1, 0.15) is 21.5 Å². The normalized spacial score (nSPS) is 10.1. The second-order valence-electron chi connectivity index (χ2n) is 3.74. The van der Waals surface area contributed by atoms with Crippen molar-refractivity contribution in [2.45, 2.75) is 13.8 Å². The van der Waals surface area contributed by atoms with E-state index in [9.17, 15) is 4.79 Å². The molecule has 0 unspecified atom stereocenters. The van der Waals surface area contributed by atoms with E-state index in [1.54, 1.807) is 18.0 Å². The van der Waals surface area contributed by atoms with Crippen molar-refractivity contribution in [3.63, 3.8) is 0 Å². The molecule has 2 N–H and O–H groups in total. The Hall–Kier alpha value is -1.29. The molecule has 0 atom stereocenters. The average molecular weight is 224 g/mol. The van der Waals surface area contributed by atoms with Crippen LogP contribution in [-0.2, 0) is 0 Å². The summed E-state index contributed by atoms with van der Waals surface area (Å²) in [4.78, 5) is 15.2. The van der Waals surface area contributed by atoms with Gasteiger partial charge in [-0.3, -0.25) is 4.79 Å². The summed E-state index contributed by atoms with van der Waals surface area (Å²) < 4.78 is 0. The summed E-state index contributed by atoms with van der Waals surface area (Å²) in [5.74, 6) is 0.00259. The lowest BCUT2D eigenvalue weighted by Gasteiger charge is -2.15. The van der Waals surface area contributed by atoms with Crippen molar-refractivity contribution < 1.29 is 4.79 Å². The molecule has 3 nitrogen and oxygen atoms in total. The summed E-state index contributed by atoms with van der Waals surface area (Å²) in [5, 5.41) is 0. The lowest BCUT2D eigenvalue weighted by molar-refractivity contribution is 0.0811. The topological polar surface area (TPSA) is 46.3 Å². The molecular weight excluding hydrogens is 208 g/mol. The van der Waals surface area contributed by atoms with Gasteiger partial charge in [0.2, 0.25) is 0 Å². The van der Waals surface area contributed by atoms with Crippen molar-refractivity contribution in [2.75, 3.05) is 19.3 Å². The Balaban J connectivity index is 2.80. The van der Waals surface area contributed by atoms with E-state index in [-0.39, 0.29) is 5.91 Å². The van der Waals surface area contributed by atoms with E-state index in [2.05, 4.69) is 6.58 Å². The predicted molar refractivity (Wildman–Crippen MR) is 65.2 cm³/mol. The van der Waals surface area contributed by atoms with Gasteiger partial charge in [-0.05, 0) is 19.9 Å². The molecule has 1 aromatic heterocycles. The van der Waals surface area contributed by atoms with E-state index in [0.717, 1.165) is 10.5 Å². The fraction of sp³-hybridized carbons (Fsp3) is 0.364. The van der Waals surface area contributed by atoms with Gasteiger partial charge >= 0.3 is 0 Å². The van der Waals surface area contributed by atoms with Crippen LogP contribution in [-0.4, -0.2) is 24.4 Å². The maximum absolute atomic E-state index is 11.9. The van der Waals surface area contributed by atoms with Crippen LogP contribution in [0, 0.1) is 6.92 Å². The Labute approximate surface area is 94.2 Å². The van der Waals surface area contributed by atoms with Crippen molar-refractivity contribution in [1.29, 1.82) is 0 Å². The fourth-order valence-electron chi connectivity index (χ4n) is 1.27. The van der Waals surface area contributed by atoms with Crippen LogP contribution in [0.25, 0.3) is 0 Å². The molecule has 0 aliphatic heterocycles. The number of aryl methyl sites for hydroxylation is 1. The lowest BCUT2D eigenvalue weighted by atomic mass is 10.3. The van der Waals surface area contributed by atoms with Crippen LogP contribution in [0.2, 0.25) is 0 Å². The summed E-state index contributed by atoms with van der Waals surface area (Å²) in [6.07, 6.45) is 0. The highest BCUT2D eigenvalue weighted by Gasteiger charge is 2.14. The Morgan fingerprint density at radius 3 is 2.67 bits per heavy atom. The molecule has 0 aromatic carbocycles. The molecule has 0 fully saturated rings. The minimum absolute atomic E-state index is 0.00259. The Kier molecular flexibility index (Phi) is 3.52. The van der Waals surface area contributed by atoms with E-state index >= 15 is 0 Å². The van der Waals surface area contributed by atoms with E-state index in [1.165, 1.54) is 11.3 Å². The first-order valence-corrected chi connectivity index (χ1v) is 5.49. The molecule has 0 aliphatic carbocycles. The summed E-state index contributed by atoms with van der Waals surface area (Å²) in [7, 11) is 1.77. The molecule has 4 heteroatoms. The smallest absolute Gasteiger partial charge is 0.264 e. The number of nitrogens with two attached hydrogens (primary N) is 1. The third-order valence-corrected chi connectivity index (χ3v) is 3.08. The number of carbonyl (C=O) groups is 1. The Morgan fingerprint density at radius 1 is 1.67 bits per heavy atom. The van der Waals surface area contributed by atoms with Gasteiger partial charge in [-0.1, -0.05) is 12.2 Å². The van der Waals surface area contributed by atoms with Crippen LogP contribution in [0.3, 0.4) is 0 Å². The SMILES string of the molecule is C=C(C)CN(C)C(=O)c1cc(N)c(C)s1. The number of anilines is 1. The maximum atomic E-state index is 11.9.